The molecule has 0 bridgehead atoms. The quantitative estimate of drug-likeness (QED) is 0.912. The van der Waals surface area contributed by atoms with E-state index in [0.29, 0.717) is 0 Å². The Bertz CT molecular complexity index is 673. The van der Waals surface area contributed by atoms with Crippen molar-refractivity contribution in [1.82, 2.24) is 10.6 Å². The number of hydrogen-bond acceptors (Lipinski definition) is 3. The van der Waals surface area contributed by atoms with Crippen molar-refractivity contribution in [2.75, 3.05) is 0 Å². The number of alkyl carbamates (subject to hydrolysis) is 1. The summed E-state index contributed by atoms with van der Waals surface area (Å²) in [7, 11) is 0. The highest BCUT2D eigenvalue weighted by Crippen LogP contribution is 2.24. The van der Waals surface area contributed by atoms with Crippen molar-refractivity contribution in [3.05, 3.63) is 71.8 Å². The second-order valence-electron chi connectivity index (χ2n) is 5.47. The summed E-state index contributed by atoms with van der Waals surface area (Å²) >= 11 is 0. The van der Waals surface area contributed by atoms with Crippen LogP contribution < -0.4 is 10.6 Å². The molecule has 1 aliphatic heterocycles. The largest absolute Gasteiger partial charge is 0.445 e. The Morgan fingerprint density at radius 3 is 2.43 bits per heavy atom. The van der Waals surface area contributed by atoms with Crippen LogP contribution in [-0.4, -0.2) is 18.0 Å². The van der Waals surface area contributed by atoms with E-state index in [-0.39, 0.29) is 31.0 Å². The Labute approximate surface area is 134 Å². The highest BCUT2D eigenvalue weighted by Gasteiger charge is 2.34. The van der Waals surface area contributed by atoms with Gasteiger partial charge >= 0.3 is 6.09 Å². The Kier molecular flexibility index (Phi) is 4.57. The van der Waals surface area contributed by atoms with E-state index in [1.54, 1.807) is 0 Å². The van der Waals surface area contributed by atoms with Crippen molar-refractivity contribution in [1.29, 1.82) is 0 Å². The summed E-state index contributed by atoms with van der Waals surface area (Å²) in [5, 5.41) is 5.67. The Morgan fingerprint density at radius 2 is 1.74 bits per heavy atom. The van der Waals surface area contributed by atoms with E-state index in [1.807, 2.05) is 60.7 Å². The third kappa shape index (κ3) is 3.88. The summed E-state index contributed by atoms with van der Waals surface area (Å²) in [6.07, 6.45) is -0.267. The van der Waals surface area contributed by atoms with Crippen LogP contribution in [0.25, 0.3) is 0 Å². The maximum atomic E-state index is 12.0. The van der Waals surface area contributed by atoms with Gasteiger partial charge in [0.05, 0.1) is 12.1 Å². The van der Waals surface area contributed by atoms with Gasteiger partial charge in [0.25, 0.3) is 0 Å². The molecule has 0 saturated carbocycles. The maximum absolute atomic E-state index is 12.0. The lowest BCUT2D eigenvalue weighted by atomic mass is 10.0. The fraction of sp³-hybridized carbons (Fsp3) is 0.222. The molecule has 1 saturated heterocycles. The van der Waals surface area contributed by atoms with Crippen molar-refractivity contribution in [2.24, 2.45) is 0 Å². The number of carbonyl (C=O) groups excluding carboxylic acids is 2. The standard InChI is InChI=1S/C18H18N2O3/c21-16-11-15(17(20-16)14-9-5-2-6-10-14)19-18(22)23-12-13-7-3-1-4-8-13/h1-10,15,17H,11-12H2,(H,19,22)(H,20,21)/t15?,17-/m1/s1. The molecule has 2 aromatic carbocycles. The number of ether oxygens (including phenoxy) is 1. The highest BCUT2D eigenvalue weighted by molar-refractivity contribution is 5.81. The summed E-state index contributed by atoms with van der Waals surface area (Å²) in [5.74, 6) is -0.0767. The van der Waals surface area contributed by atoms with E-state index in [2.05, 4.69) is 10.6 Å². The summed E-state index contributed by atoms with van der Waals surface area (Å²) in [6.45, 7) is 0.205. The second-order valence-corrected chi connectivity index (χ2v) is 5.47. The van der Waals surface area contributed by atoms with Crippen LogP contribution >= 0.6 is 0 Å². The molecule has 2 amide bonds. The SMILES string of the molecule is O=C1CC(NC(=O)OCc2ccccc2)[C@@H](c2ccccc2)N1. The van der Waals surface area contributed by atoms with Crippen LogP contribution in [0.3, 0.4) is 0 Å². The Morgan fingerprint density at radius 1 is 1.09 bits per heavy atom. The minimum Gasteiger partial charge on any atom is -0.445 e. The molecule has 0 aliphatic carbocycles. The molecule has 2 atom stereocenters. The van der Waals surface area contributed by atoms with Crippen molar-refractivity contribution < 1.29 is 14.3 Å². The second kappa shape index (κ2) is 6.96. The van der Waals surface area contributed by atoms with Gasteiger partial charge in [0.2, 0.25) is 5.91 Å². The van der Waals surface area contributed by atoms with Crippen molar-refractivity contribution in [3.8, 4) is 0 Å². The molecule has 2 N–H and O–H groups in total. The lowest BCUT2D eigenvalue weighted by molar-refractivity contribution is -0.119. The van der Waals surface area contributed by atoms with Crippen molar-refractivity contribution in [3.63, 3.8) is 0 Å². The Hall–Kier alpha value is -2.82. The van der Waals surface area contributed by atoms with E-state index in [0.717, 1.165) is 11.1 Å². The predicted molar refractivity (Wildman–Crippen MR) is 85.5 cm³/mol. The third-order valence-corrected chi connectivity index (χ3v) is 3.80. The van der Waals surface area contributed by atoms with Crippen molar-refractivity contribution >= 4 is 12.0 Å². The summed E-state index contributed by atoms with van der Waals surface area (Å²) in [4.78, 5) is 23.7. The molecule has 0 aromatic heterocycles. The molecule has 5 nitrogen and oxygen atoms in total. The first-order chi connectivity index (χ1) is 11.2. The molecular formula is C18H18N2O3. The molecule has 3 rings (SSSR count). The normalized spacial score (nSPS) is 19.9. The minimum absolute atomic E-state index is 0.0767. The van der Waals surface area contributed by atoms with Gasteiger partial charge in [-0.05, 0) is 11.1 Å². The highest BCUT2D eigenvalue weighted by atomic mass is 16.5. The first-order valence-electron chi connectivity index (χ1n) is 7.54. The van der Waals surface area contributed by atoms with Gasteiger partial charge in [-0.1, -0.05) is 60.7 Å². The molecule has 1 unspecified atom stereocenters. The number of carbonyl (C=O) groups is 2. The Balaban J connectivity index is 1.59. The smallest absolute Gasteiger partial charge is 0.407 e. The van der Waals surface area contributed by atoms with Gasteiger partial charge in [-0.25, -0.2) is 4.79 Å². The van der Waals surface area contributed by atoms with Gasteiger partial charge in [0, 0.05) is 6.42 Å². The average molecular weight is 310 g/mol. The summed E-state index contributed by atoms with van der Waals surface area (Å²) in [6, 6.07) is 18.5. The van der Waals surface area contributed by atoms with Crippen LogP contribution in [0.1, 0.15) is 23.6 Å². The number of amides is 2. The predicted octanol–water partition coefficient (Wildman–Crippen LogP) is 2.54. The average Bonchev–Trinajstić information content (AvgIpc) is 2.95. The van der Waals surface area contributed by atoms with E-state index >= 15 is 0 Å². The molecule has 0 radical (unpaired) electrons. The number of hydrogen-bond donors (Lipinski definition) is 2. The molecule has 23 heavy (non-hydrogen) atoms. The topological polar surface area (TPSA) is 67.4 Å². The third-order valence-electron chi connectivity index (χ3n) is 3.80. The van der Waals surface area contributed by atoms with Crippen molar-refractivity contribution in [2.45, 2.75) is 25.1 Å². The van der Waals surface area contributed by atoms with Gasteiger partial charge in [-0.15, -0.1) is 0 Å². The molecule has 1 aliphatic rings. The van der Waals surface area contributed by atoms with Crippen LogP contribution in [0, 0.1) is 0 Å². The number of rotatable bonds is 4. The van der Waals surface area contributed by atoms with Crippen LogP contribution in [0.5, 0.6) is 0 Å². The fourth-order valence-electron chi connectivity index (χ4n) is 2.68. The number of nitrogens with one attached hydrogen (secondary N) is 2. The van der Waals surface area contributed by atoms with Crippen LogP contribution in [0.4, 0.5) is 4.79 Å². The fourth-order valence-corrected chi connectivity index (χ4v) is 2.68. The molecule has 2 aromatic rings. The zero-order valence-electron chi connectivity index (χ0n) is 12.6. The minimum atomic E-state index is -0.517. The molecule has 5 heteroatoms. The summed E-state index contributed by atoms with van der Waals surface area (Å²) in [5.41, 5.74) is 1.88. The lowest BCUT2D eigenvalue weighted by Gasteiger charge is -2.20. The molecule has 0 spiro atoms. The van der Waals surface area contributed by atoms with Crippen LogP contribution in [0.15, 0.2) is 60.7 Å². The number of benzene rings is 2. The monoisotopic (exact) mass is 310 g/mol. The van der Waals surface area contributed by atoms with E-state index in [9.17, 15) is 9.59 Å². The van der Waals surface area contributed by atoms with Gasteiger partial charge in [0.1, 0.15) is 6.61 Å². The van der Waals surface area contributed by atoms with Gasteiger partial charge in [-0.3, -0.25) is 4.79 Å². The van der Waals surface area contributed by atoms with Gasteiger partial charge in [-0.2, -0.15) is 0 Å². The van der Waals surface area contributed by atoms with Gasteiger partial charge in [0.15, 0.2) is 0 Å². The molecule has 1 heterocycles. The first kappa shape index (κ1) is 15.1. The zero-order chi connectivity index (χ0) is 16.1. The molecular weight excluding hydrogens is 292 g/mol. The first-order valence-corrected chi connectivity index (χ1v) is 7.54. The summed E-state index contributed by atoms with van der Waals surface area (Å²) < 4.78 is 5.22. The van der Waals surface area contributed by atoms with E-state index in [4.69, 9.17) is 4.74 Å². The zero-order valence-corrected chi connectivity index (χ0v) is 12.6. The lowest BCUT2D eigenvalue weighted by Crippen LogP contribution is -2.38. The van der Waals surface area contributed by atoms with E-state index < -0.39 is 6.09 Å². The van der Waals surface area contributed by atoms with E-state index in [1.165, 1.54) is 0 Å². The molecule has 1 fully saturated rings. The molecule has 118 valence electrons. The van der Waals surface area contributed by atoms with Crippen LogP contribution in [0.2, 0.25) is 0 Å². The maximum Gasteiger partial charge on any atom is 0.407 e. The van der Waals surface area contributed by atoms with Crippen LogP contribution in [-0.2, 0) is 16.1 Å². The van der Waals surface area contributed by atoms with Gasteiger partial charge < -0.3 is 15.4 Å².